The second kappa shape index (κ2) is 10.6. The highest BCUT2D eigenvalue weighted by molar-refractivity contribution is 6.74. The molecule has 0 amide bonds. The first-order chi connectivity index (χ1) is 12.6. The van der Waals surface area contributed by atoms with Gasteiger partial charge in [-0.15, -0.1) is 0 Å². The third kappa shape index (κ3) is 7.80. The van der Waals surface area contributed by atoms with Gasteiger partial charge in [0.25, 0.3) is 5.69 Å². The van der Waals surface area contributed by atoms with Crippen LogP contribution in [0.2, 0.25) is 18.1 Å². The van der Waals surface area contributed by atoms with Crippen LogP contribution in [0.4, 0.5) is 11.4 Å². The standard InChI is InChI=1S/C20H34N2O4Si/c1-20(2,3)27(4,5)26-15-12-17-10-11-18(19(16-17)22(24)25)21-13-8-6-7-9-14-23/h10-11,14,16,21H,6-9,12-13,15H2,1-5H3. The molecule has 1 rings (SSSR count). The first-order valence-corrected chi connectivity index (χ1v) is 12.6. The zero-order chi connectivity index (χ0) is 20.5. The lowest BCUT2D eigenvalue weighted by atomic mass is 10.1. The molecule has 0 aromatic heterocycles. The van der Waals surface area contributed by atoms with E-state index in [1.54, 1.807) is 12.1 Å². The SMILES string of the molecule is CC(C)(C)[Si](C)(C)OCCc1ccc(NCCCCCC=O)c([N+](=O)[O-])c1. The van der Waals surface area contributed by atoms with Crippen LogP contribution in [0, 0.1) is 10.1 Å². The number of carbonyl (C=O) groups excluding carboxylic acids is 1. The highest BCUT2D eigenvalue weighted by Gasteiger charge is 2.36. The molecule has 1 aromatic rings. The van der Waals surface area contributed by atoms with E-state index in [0.29, 0.717) is 31.7 Å². The topological polar surface area (TPSA) is 81.5 Å². The van der Waals surface area contributed by atoms with Gasteiger partial charge in [-0.3, -0.25) is 10.1 Å². The van der Waals surface area contributed by atoms with Crippen molar-refractivity contribution in [2.45, 2.75) is 71.0 Å². The van der Waals surface area contributed by atoms with Crippen molar-refractivity contribution >= 4 is 26.0 Å². The van der Waals surface area contributed by atoms with Crippen LogP contribution in [0.3, 0.4) is 0 Å². The van der Waals surface area contributed by atoms with Crippen LogP contribution in [-0.4, -0.2) is 32.7 Å². The van der Waals surface area contributed by atoms with E-state index < -0.39 is 8.32 Å². The molecule has 0 fully saturated rings. The lowest BCUT2D eigenvalue weighted by Gasteiger charge is -2.36. The molecule has 0 spiro atoms. The number of nitrogens with zero attached hydrogens (tertiary/aromatic N) is 1. The fraction of sp³-hybridized carbons (Fsp3) is 0.650. The minimum atomic E-state index is -1.80. The van der Waals surface area contributed by atoms with Gasteiger partial charge in [0.15, 0.2) is 8.32 Å². The van der Waals surface area contributed by atoms with Crippen LogP contribution < -0.4 is 5.32 Å². The average Bonchev–Trinajstić information content (AvgIpc) is 2.57. The van der Waals surface area contributed by atoms with E-state index in [9.17, 15) is 14.9 Å². The number of carbonyl (C=O) groups is 1. The molecule has 0 aliphatic rings. The Hall–Kier alpha value is -1.73. The van der Waals surface area contributed by atoms with Gasteiger partial charge in [-0.25, -0.2) is 0 Å². The number of nitro groups is 1. The summed E-state index contributed by atoms with van der Waals surface area (Å²) in [6.07, 6.45) is 4.84. The van der Waals surface area contributed by atoms with Crippen LogP contribution in [0.25, 0.3) is 0 Å². The number of benzene rings is 1. The molecule has 27 heavy (non-hydrogen) atoms. The van der Waals surface area contributed by atoms with Gasteiger partial charge in [0, 0.05) is 25.6 Å². The predicted octanol–water partition coefficient (Wildman–Crippen LogP) is 5.33. The number of hydrogen-bond acceptors (Lipinski definition) is 5. The Morgan fingerprint density at radius 3 is 2.52 bits per heavy atom. The van der Waals surface area contributed by atoms with E-state index in [1.807, 2.05) is 6.07 Å². The number of nitrogens with one attached hydrogen (secondary N) is 1. The van der Waals surface area contributed by atoms with Crippen molar-refractivity contribution in [3.8, 4) is 0 Å². The monoisotopic (exact) mass is 394 g/mol. The molecule has 1 N–H and O–H groups in total. The van der Waals surface area contributed by atoms with Crippen LogP contribution in [-0.2, 0) is 15.6 Å². The van der Waals surface area contributed by atoms with E-state index in [1.165, 1.54) is 0 Å². The molecule has 1 aromatic carbocycles. The molecule has 152 valence electrons. The maximum Gasteiger partial charge on any atom is 0.292 e. The second-order valence-corrected chi connectivity index (χ2v) is 13.2. The summed E-state index contributed by atoms with van der Waals surface area (Å²) in [5.74, 6) is 0. The molecule has 0 aliphatic heterocycles. The van der Waals surface area contributed by atoms with Gasteiger partial charge in [-0.05, 0) is 49.0 Å². The molecule has 0 saturated carbocycles. The van der Waals surface area contributed by atoms with Crippen molar-refractivity contribution in [1.82, 2.24) is 0 Å². The van der Waals surface area contributed by atoms with Crippen molar-refractivity contribution in [1.29, 1.82) is 0 Å². The van der Waals surface area contributed by atoms with Crippen LogP contribution in [0.1, 0.15) is 52.0 Å². The molecule has 0 aliphatic carbocycles. The zero-order valence-electron chi connectivity index (χ0n) is 17.3. The molecule has 0 saturated heterocycles. The summed E-state index contributed by atoms with van der Waals surface area (Å²) in [6.45, 7) is 12.2. The number of nitro benzene ring substituents is 1. The highest BCUT2D eigenvalue weighted by atomic mass is 28.4. The van der Waals surface area contributed by atoms with Gasteiger partial charge in [0.2, 0.25) is 0 Å². The van der Waals surface area contributed by atoms with Crippen molar-refractivity contribution in [2.75, 3.05) is 18.5 Å². The van der Waals surface area contributed by atoms with Gasteiger partial charge >= 0.3 is 0 Å². The van der Waals surface area contributed by atoms with Gasteiger partial charge in [0.1, 0.15) is 12.0 Å². The Labute approximate surface area is 164 Å². The Balaban J connectivity index is 2.62. The first-order valence-electron chi connectivity index (χ1n) is 9.67. The maximum absolute atomic E-state index is 11.4. The van der Waals surface area contributed by atoms with Gasteiger partial charge in [-0.1, -0.05) is 33.3 Å². The average molecular weight is 395 g/mol. The Bertz CT molecular complexity index is 627. The van der Waals surface area contributed by atoms with E-state index in [4.69, 9.17) is 4.43 Å². The molecular formula is C20H34N2O4Si. The summed E-state index contributed by atoms with van der Waals surface area (Å²) in [5.41, 5.74) is 1.56. The lowest BCUT2D eigenvalue weighted by molar-refractivity contribution is -0.384. The molecule has 0 bridgehead atoms. The zero-order valence-corrected chi connectivity index (χ0v) is 18.3. The number of unbranched alkanes of at least 4 members (excludes halogenated alkanes) is 3. The summed E-state index contributed by atoms with van der Waals surface area (Å²) in [6, 6.07) is 5.35. The Kier molecular flexibility index (Phi) is 9.12. The predicted molar refractivity (Wildman–Crippen MR) is 113 cm³/mol. The fourth-order valence-corrected chi connectivity index (χ4v) is 3.47. The Morgan fingerprint density at radius 1 is 1.22 bits per heavy atom. The maximum atomic E-state index is 11.4. The van der Waals surface area contributed by atoms with Crippen molar-refractivity contribution in [2.24, 2.45) is 0 Å². The van der Waals surface area contributed by atoms with Crippen molar-refractivity contribution in [3.63, 3.8) is 0 Å². The fourth-order valence-electron chi connectivity index (χ4n) is 2.43. The molecule has 0 atom stereocenters. The minimum Gasteiger partial charge on any atom is -0.416 e. The second-order valence-electron chi connectivity index (χ2n) is 8.41. The molecular weight excluding hydrogens is 360 g/mol. The number of aldehydes is 1. The molecule has 6 nitrogen and oxygen atoms in total. The molecule has 0 radical (unpaired) electrons. The van der Waals surface area contributed by atoms with E-state index in [-0.39, 0.29) is 15.6 Å². The van der Waals surface area contributed by atoms with Crippen molar-refractivity contribution in [3.05, 3.63) is 33.9 Å². The van der Waals surface area contributed by atoms with Crippen LogP contribution >= 0.6 is 0 Å². The van der Waals surface area contributed by atoms with Gasteiger partial charge in [0.05, 0.1) is 4.92 Å². The third-order valence-electron chi connectivity index (χ3n) is 5.23. The number of rotatable bonds is 12. The minimum absolute atomic E-state index is 0.104. The third-order valence-corrected chi connectivity index (χ3v) is 9.77. The van der Waals surface area contributed by atoms with Crippen molar-refractivity contribution < 1.29 is 14.1 Å². The summed E-state index contributed by atoms with van der Waals surface area (Å²) in [4.78, 5) is 21.4. The molecule has 7 heteroatoms. The van der Waals surface area contributed by atoms with E-state index in [2.05, 4.69) is 39.2 Å². The van der Waals surface area contributed by atoms with Gasteiger partial charge in [-0.2, -0.15) is 0 Å². The quantitative estimate of drug-likeness (QED) is 0.170. The number of anilines is 1. The summed E-state index contributed by atoms with van der Waals surface area (Å²) >= 11 is 0. The summed E-state index contributed by atoms with van der Waals surface area (Å²) in [5, 5.41) is 14.7. The largest absolute Gasteiger partial charge is 0.416 e. The summed E-state index contributed by atoms with van der Waals surface area (Å²) in [7, 11) is -1.80. The van der Waals surface area contributed by atoms with Crippen LogP contribution in [0.15, 0.2) is 18.2 Å². The first kappa shape index (κ1) is 23.3. The number of hydrogen-bond donors (Lipinski definition) is 1. The normalized spacial score (nSPS) is 12.0. The van der Waals surface area contributed by atoms with Crippen LogP contribution in [0.5, 0.6) is 0 Å². The van der Waals surface area contributed by atoms with E-state index >= 15 is 0 Å². The molecule has 0 heterocycles. The summed E-state index contributed by atoms with van der Waals surface area (Å²) < 4.78 is 6.17. The Morgan fingerprint density at radius 2 is 1.93 bits per heavy atom. The smallest absolute Gasteiger partial charge is 0.292 e. The lowest BCUT2D eigenvalue weighted by Crippen LogP contribution is -2.41. The molecule has 0 unspecified atom stereocenters. The van der Waals surface area contributed by atoms with Gasteiger partial charge < -0.3 is 14.5 Å². The highest BCUT2D eigenvalue weighted by Crippen LogP contribution is 2.36. The van der Waals surface area contributed by atoms with E-state index in [0.717, 1.165) is 31.1 Å².